The van der Waals surface area contributed by atoms with E-state index in [-0.39, 0.29) is 11.9 Å². The van der Waals surface area contributed by atoms with E-state index in [0.29, 0.717) is 6.54 Å². The Hall–Kier alpha value is -2.53. The van der Waals surface area contributed by atoms with Crippen molar-refractivity contribution in [2.45, 2.75) is 18.9 Å². The zero-order valence-electron chi connectivity index (χ0n) is 14.7. The van der Waals surface area contributed by atoms with Crippen LogP contribution in [-0.4, -0.2) is 38.1 Å². The monoisotopic (exact) mass is 340 g/mol. The first-order chi connectivity index (χ1) is 12.2. The maximum absolute atomic E-state index is 12.4. The summed E-state index contributed by atoms with van der Waals surface area (Å²) in [5.41, 5.74) is 1.93. The SMILES string of the molecule is COc1ccc([C@@H]2CCCN2CC(=O)Nc2ccccc2)c(OC)c1. The number of carbonyl (C=O) groups excluding carboxylic acids is 1. The van der Waals surface area contributed by atoms with Gasteiger partial charge >= 0.3 is 0 Å². The van der Waals surface area contributed by atoms with E-state index < -0.39 is 0 Å². The molecule has 0 spiro atoms. The van der Waals surface area contributed by atoms with Crippen molar-refractivity contribution >= 4 is 11.6 Å². The van der Waals surface area contributed by atoms with Crippen molar-refractivity contribution < 1.29 is 14.3 Å². The Morgan fingerprint density at radius 1 is 1.16 bits per heavy atom. The predicted molar refractivity (Wildman–Crippen MR) is 98.2 cm³/mol. The second-order valence-corrected chi connectivity index (χ2v) is 6.15. The van der Waals surface area contributed by atoms with E-state index in [9.17, 15) is 4.79 Å². The third kappa shape index (κ3) is 4.12. The van der Waals surface area contributed by atoms with E-state index in [1.165, 1.54) is 0 Å². The highest BCUT2D eigenvalue weighted by molar-refractivity contribution is 5.92. The van der Waals surface area contributed by atoms with E-state index >= 15 is 0 Å². The highest BCUT2D eigenvalue weighted by Crippen LogP contribution is 2.38. The first-order valence-electron chi connectivity index (χ1n) is 8.52. The number of likely N-dealkylation sites (tertiary alicyclic amines) is 1. The van der Waals surface area contributed by atoms with E-state index in [4.69, 9.17) is 9.47 Å². The van der Waals surface area contributed by atoms with E-state index in [0.717, 1.165) is 42.1 Å². The van der Waals surface area contributed by atoms with E-state index in [2.05, 4.69) is 10.2 Å². The summed E-state index contributed by atoms with van der Waals surface area (Å²) in [5, 5.41) is 2.96. The molecule has 0 aliphatic carbocycles. The molecule has 132 valence electrons. The quantitative estimate of drug-likeness (QED) is 0.875. The molecule has 1 aliphatic rings. The number of amides is 1. The van der Waals surface area contributed by atoms with Crippen molar-refractivity contribution in [1.29, 1.82) is 0 Å². The Bertz CT molecular complexity index is 718. The van der Waals surface area contributed by atoms with Crippen molar-refractivity contribution in [3.63, 3.8) is 0 Å². The third-order valence-corrected chi connectivity index (χ3v) is 4.57. The molecule has 1 aliphatic heterocycles. The number of anilines is 1. The van der Waals surface area contributed by atoms with Crippen molar-refractivity contribution in [3.8, 4) is 11.5 Å². The smallest absolute Gasteiger partial charge is 0.238 e. The lowest BCUT2D eigenvalue weighted by Gasteiger charge is -2.25. The number of nitrogens with zero attached hydrogens (tertiary/aromatic N) is 1. The molecule has 25 heavy (non-hydrogen) atoms. The second-order valence-electron chi connectivity index (χ2n) is 6.15. The number of hydrogen-bond donors (Lipinski definition) is 1. The molecule has 2 aromatic carbocycles. The number of para-hydroxylation sites is 1. The molecule has 1 heterocycles. The molecule has 3 rings (SSSR count). The van der Waals surface area contributed by atoms with Gasteiger partial charge < -0.3 is 14.8 Å². The molecular formula is C20H24N2O3. The lowest BCUT2D eigenvalue weighted by atomic mass is 10.0. The van der Waals surface area contributed by atoms with Gasteiger partial charge in [0.15, 0.2) is 0 Å². The van der Waals surface area contributed by atoms with Crippen LogP contribution in [0.15, 0.2) is 48.5 Å². The Morgan fingerprint density at radius 3 is 2.68 bits per heavy atom. The van der Waals surface area contributed by atoms with Gasteiger partial charge in [-0.15, -0.1) is 0 Å². The van der Waals surface area contributed by atoms with Gasteiger partial charge in [-0.05, 0) is 37.6 Å². The fourth-order valence-corrected chi connectivity index (χ4v) is 3.37. The van der Waals surface area contributed by atoms with Crippen LogP contribution in [0.1, 0.15) is 24.4 Å². The maximum atomic E-state index is 12.4. The zero-order valence-corrected chi connectivity index (χ0v) is 14.7. The first-order valence-corrected chi connectivity index (χ1v) is 8.52. The molecular weight excluding hydrogens is 316 g/mol. The van der Waals surface area contributed by atoms with Gasteiger partial charge in [0, 0.05) is 23.4 Å². The average molecular weight is 340 g/mol. The summed E-state index contributed by atoms with van der Waals surface area (Å²) in [4.78, 5) is 14.6. The highest BCUT2D eigenvalue weighted by atomic mass is 16.5. The molecule has 1 atom stereocenters. The van der Waals surface area contributed by atoms with Gasteiger partial charge in [0.25, 0.3) is 0 Å². The summed E-state index contributed by atoms with van der Waals surface area (Å²) < 4.78 is 10.8. The van der Waals surface area contributed by atoms with Crippen molar-refractivity contribution in [2.24, 2.45) is 0 Å². The maximum Gasteiger partial charge on any atom is 0.238 e. The van der Waals surface area contributed by atoms with Crippen LogP contribution in [0, 0.1) is 0 Å². The lowest BCUT2D eigenvalue weighted by molar-refractivity contribution is -0.117. The molecule has 1 saturated heterocycles. The number of ether oxygens (including phenoxy) is 2. The second kappa shape index (κ2) is 8.03. The van der Waals surface area contributed by atoms with Crippen LogP contribution < -0.4 is 14.8 Å². The van der Waals surface area contributed by atoms with Gasteiger partial charge in [-0.2, -0.15) is 0 Å². The van der Waals surface area contributed by atoms with Gasteiger partial charge in [0.1, 0.15) is 11.5 Å². The van der Waals surface area contributed by atoms with Gasteiger partial charge in [-0.3, -0.25) is 9.69 Å². The third-order valence-electron chi connectivity index (χ3n) is 4.57. The fourth-order valence-electron chi connectivity index (χ4n) is 3.37. The minimum absolute atomic E-state index is 0.00517. The van der Waals surface area contributed by atoms with Crippen molar-refractivity contribution in [2.75, 3.05) is 32.6 Å². The average Bonchev–Trinajstić information content (AvgIpc) is 3.09. The largest absolute Gasteiger partial charge is 0.497 e. The van der Waals surface area contributed by atoms with E-state index in [1.54, 1.807) is 14.2 Å². The number of hydrogen-bond acceptors (Lipinski definition) is 4. The molecule has 0 saturated carbocycles. The molecule has 0 unspecified atom stereocenters. The standard InChI is InChI=1S/C20H24N2O3/c1-24-16-10-11-17(19(13-16)25-2)18-9-6-12-22(18)14-20(23)21-15-7-4-3-5-8-15/h3-5,7-8,10-11,13,18H,6,9,12,14H2,1-2H3,(H,21,23)/t18-/m0/s1. The number of methoxy groups -OCH3 is 2. The summed E-state index contributed by atoms with van der Waals surface area (Å²) in [5.74, 6) is 1.58. The van der Waals surface area contributed by atoms with Gasteiger partial charge in [0.2, 0.25) is 5.91 Å². The summed E-state index contributed by atoms with van der Waals surface area (Å²) in [6.07, 6.45) is 2.08. The van der Waals surface area contributed by atoms with Crippen LogP contribution in [-0.2, 0) is 4.79 Å². The van der Waals surface area contributed by atoms with Crippen molar-refractivity contribution in [1.82, 2.24) is 4.90 Å². The normalized spacial score (nSPS) is 17.3. The minimum Gasteiger partial charge on any atom is -0.497 e. The van der Waals surface area contributed by atoms with Crippen LogP contribution in [0.3, 0.4) is 0 Å². The van der Waals surface area contributed by atoms with Gasteiger partial charge in [-0.1, -0.05) is 24.3 Å². The Kier molecular flexibility index (Phi) is 5.56. The van der Waals surface area contributed by atoms with Crippen LogP contribution >= 0.6 is 0 Å². The van der Waals surface area contributed by atoms with Crippen LogP contribution in [0.25, 0.3) is 0 Å². The van der Waals surface area contributed by atoms with Gasteiger partial charge in [-0.25, -0.2) is 0 Å². The molecule has 1 fully saturated rings. The first kappa shape index (κ1) is 17.3. The molecule has 2 aromatic rings. The number of nitrogens with one attached hydrogen (secondary N) is 1. The van der Waals surface area contributed by atoms with Crippen molar-refractivity contribution in [3.05, 3.63) is 54.1 Å². The summed E-state index contributed by atoms with van der Waals surface area (Å²) >= 11 is 0. The van der Waals surface area contributed by atoms with Gasteiger partial charge in [0.05, 0.1) is 20.8 Å². The summed E-state index contributed by atoms with van der Waals surface area (Å²) in [6.45, 7) is 1.27. The predicted octanol–water partition coefficient (Wildman–Crippen LogP) is 3.48. The number of benzene rings is 2. The molecule has 0 radical (unpaired) electrons. The van der Waals surface area contributed by atoms with Crippen LogP contribution in [0.5, 0.6) is 11.5 Å². The lowest BCUT2D eigenvalue weighted by Crippen LogP contribution is -2.33. The molecule has 0 aromatic heterocycles. The molecule has 1 amide bonds. The Balaban J connectivity index is 1.71. The zero-order chi connectivity index (χ0) is 17.6. The topological polar surface area (TPSA) is 50.8 Å². The molecule has 1 N–H and O–H groups in total. The molecule has 5 nitrogen and oxygen atoms in total. The fraction of sp³-hybridized carbons (Fsp3) is 0.350. The minimum atomic E-state index is 0.00517. The van der Waals surface area contributed by atoms with Crippen LogP contribution in [0.2, 0.25) is 0 Å². The highest BCUT2D eigenvalue weighted by Gasteiger charge is 2.29. The van der Waals surface area contributed by atoms with E-state index in [1.807, 2.05) is 48.5 Å². The number of rotatable bonds is 6. The number of carbonyl (C=O) groups is 1. The molecule has 0 bridgehead atoms. The Morgan fingerprint density at radius 2 is 1.96 bits per heavy atom. The summed E-state index contributed by atoms with van der Waals surface area (Å²) in [6, 6.07) is 15.6. The summed E-state index contributed by atoms with van der Waals surface area (Å²) in [7, 11) is 3.31. The molecule has 5 heteroatoms. The van der Waals surface area contributed by atoms with Crippen LogP contribution in [0.4, 0.5) is 5.69 Å². The Labute approximate surface area is 148 Å².